The number of carbonyl (C=O) groups excluding carboxylic acids is 1. The number of non-ortho nitro benzene ring substituents is 1. The molecule has 4 rings (SSSR count). The number of para-hydroxylation sites is 1. The van der Waals surface area contributed by atoms with Gasteiger partial charge in [0.05, 0.1) is 28.0 Å². The molecule has 1 aliphatic heterocycles. The average molecular weight is 422 g/mol. The number of hydrogen-bond donors (Lipinski definition) is 0. The monoisotopic (exact) mass is 422 g/mol. The molecule has 1 aromatic heterocycles. The predicted octanol–water partition coefficient (Wildman–Crippen LogP) is 4.06. The summed E-state index contributed by atoms with van der Waals surface area (Å²) < 4.78 is 11.4. The number of ether oxygens (including phenoxy) is 1. The minimum atomic E-state index is -0.762. The molecule has 8 nitrogen and oxygen atoms in total. The first kappa shape index (κ1) is 20.7. The molecule has 0 aliphatic carbocycles. The van der Waals surface area contributed by atoms with Crippen molar-refractivity contribution in [3.63, 3.8) is 0 Å². The molecule has 3 aromatic rings. The summed E-state index contributed by atoms with van der Waals surface area (Å²) in [5.41, 5.74) is 0.638. The zero-order chi connectivity index (χ0) is 22.1. The van der Waals surface area contributed by atoms with Crippen molar-refractivity contribution in [2.75, 3.05) is 13.2 Å². The van der Waals surface area contributed by atoms with Crippen LogP contribution >= 0.6 is 0 Å². The molecule has 0 bridgehead atoms. The number of nitro benzene ring substituents is 1. The first-order valence-electron chi connectivity index (χ1n) is 10.1. The molecule has 1 amide bonds. The van der Waals surface area contributed by atoms with Crippen molar-refractivity contribution in [2.24, 2.45) is 0 Å². The lowest BCUT2D eigenvalue weighted by atomic mass is 9.98. The smallest absolute Gasteiger partial charge is 0.290 e. The van der Waals surface area contributed by atoms with Gasteiger partial charge >= 0.3 is 0 Å². The van der Waals surface area contributed by atoms with Crippen molar-refractivity contribution in [1.82, 2.24) is 4.90 Å². The number of nitrogens with zero attached hydrogens (tertiary/aromatic N) is 2. The van der Waals surface area contributed by atoms with Gasteiger partial charge in [-0.25, -0.2) is 0 Å². The van der Waals surface area contributed by atoms with Crippen LogP contribution in [0.15, 0.2) is 57.7 Å². The molecule has 0 N–H and O–H groups in total. The topological polar surface area (TPSA) is 103 Å². The van der Waals surface area contributed by atoms with Gasteiger partial charge in [0, 0.05) is 25.3 Å². The van der Waals surface area contributed by atoms with Gasteiger partial charge in [0.25, 0.3) is 11.6 Å². The maximum Gasteiger partial charge on any atom is 0.290 e. The Hall–Kier alpha value is -3.52. The molecule has 0 spiro atoms. The lowest BCUT2D eigenvalue weighted by Gasteiger charge is -2.25. The summed E-state index contributed by atoms with van der Waals surface area (Å²) in [7, 11) is 0. The van der Waals surface area contributed by atoms with Crippen LogP contribution < -0.4 is 5.43 Å². The van der Waals surface area contributed by atoms with E-state index in [0.717, 1.165) is 0 Å². The molecule has 31 heavy (non-hydrogen) atoms. The molecule has 160 valence electrons. The van der Waals surface area contributed by atoms with E-state index in [0.29, 0.717) is 36.1 Å². The molecule has 0 saturated heterocycles. The molecule has 0 radical (unpaired) electrons. The summed E-state index contributed by atoms with van der Waals surface area (Å²) in [6.07, 6.45) is 0.615. The third-order valence-corrected chi connectivity index (χ3v) is 5.26. The lowest BCUT2D eigenvalue weighted by Crippen LogP contribution is -2.31. The number of fused-ring (bicyclic) bond motifs is 2. The first-order chi connectivity index (χ1) is 14.9. The molecule has 0 fully saturated rings. The number of rotatable bonds is 7. The Bertz CT molecular complexity index is 1220. The normalized spacial score (nSPS) is 15.6. The number of hydrogen-bond acceptors (Lipinski definition) is 6. The second kappa shape index (κ2) is 8.31. The van der Waals surface area contributed by atoms with E-state index < -0.39 is 16.9 Å². The molecular formula is C23H22N2O6. The molecule has 8 heteroatoms. The molecule has 2 heterocycles. The lowest BCUT2D eigenvalue weighted by molar-refractivity contribution is -0.384. The zero-order valence-corrected chi connectivity index (χ0v) is 17.2. The number of carbonyl (C=O) groups is 1. The molecule has 0 saturated carbocycles. The fraction of sp³-hybridized carbons (Fsp3) is 0.304. The van der Waals surface area contributed by atoms with Gasteiger partial charge in [-0.15, -0.1) is 0 Å². The van der Waals surface area contributed by atoms with E-state index in [9.17, 15) is 19.7 Å². The minimum Gasteiger partial charge on any atom is -0.450 e. The van der Waals surface area contributed by atoms with E-state index in [1.54, 1.807) is 36.4 Å². The molecule has 1 atom stereocenters. The van der Waals surface area contributed by atoms with Crippen molar-refractivity contribution in [2.45, 2.75) is 32.4 Å². The van der Waals surface area contributed by atoms with E-state index in [4.69, 9.17) is 9.15 Å². The highest BCUT2D eigenvalue weighted by Crippen LogP contribution is 2.39. The zero-order valence-electron chi connectivity index (χ0n) is 17.2. The van der Waals surface area contributed by atoms with E-state index in [-0.39, 0.29) is 28.5 Å². The highest BCUT2D eigenvalue weighted by molar-refractivity contribution is 5.99. The fourth-order valence-corrected chi connectivity index (χ4v) is 3.91. The van der Waals surface area contributed by atoms with Gasteiger partial charge in [-0.2, -0.15) is 0 Å². The van der Waals surface area contributed by atoms with Crippen LogP contribution in [0.25, 0.3) is 11.0 Å². The Kier molecular flexibility index (Phi) is 5.56. The third-order valence-electron chi connectivity index (χ3n) is 5.26. The maximum absolute atomic E-state index is 13.3. The average Bonchev–Trinajstić information content (AvgIpc) is 3.03. The van der Waals surface area contributed by atoms with Gasteiger partial charge < -0.3 is 14.1 Å². The van der Waals surface area contributed by atoms with E-state index in [2.05, 4.69) is 0 Å². The van der Waals surface area contributed by atoms with Crippen LogP contribution in [0.3, 0.4) is 0 Å². The maximum atomic E-state index is 13.3. The van der Waals surface area contributed by atoms with Crippen LogP contribution in [0.2, 0.25) is 0 Å². The summed E-state index contributed by atoms with van der Waals surface area (Å²) in [5, 5.41) is 11.7. The summed E-state index contributed by atoms with van der Waals surface area (Å²) in [6.45, 7) is 4.62. The largest absolute Gasteiger partial charge is 0.450 e. The summed E-state index contributed by atoms with van der Waals surface area (Å²) in [6, 6.07) is 12.0. The van der Waals surface area contributed by atoms with Crippen molar-refractivity contribution < 1.29 is 18.9 Å². The summed E-state index contributed by atoms with van der Waals surface area (Å²) in [4.78, 5) is 38.9. The number of nitro groups is 1. The Morgan fingerprint density at radius 2 is 1.94 bits per heavy atom. The minimum absolute atomic E-state index is 0.00927. The Morgan fingerprint density at radius 1 is 1.16 bits per heavy atom. The van der Waals surface area contributed by atoms with Crippen LogP contribution in [0.5, 0.6) is 0 Å². The Balaban J connectivity index is 1.83. The van der Waals surface area contributed by atoms with Gasteiger partial charge in [-0.3, -0.25) is 19.7 Å². The molecule has 2 aromatic carbocycles. The van der Waals surface area contributed by atoms with Crippen molar-refractivity contribution in [3.05, 3.63) is 85.8 Å². The van der Waals surface area contributed by atoms with Crippen molar-refractivity contribution in [3.8, 4) is 0 Å². The van der Waals surface area contributed by atoms with Gasteiger partial charge in [-0.05, 0) is 38.0 Å². The van der Waals surface area contributed by atoms with Crippen LogP contribution in [-0.2, 0) is 4.74 Å². The van der Waals surface area contributed by atoms with E-state index in [1.807, 2.05) is 13.8 Å². The molecule has 1 unspecified atom stereocenters. The van der Waals surface area contributed by atoms with Crippen molar-refractivity contribution in [1.29, 1.82) is 0 Å². The quantitative estimate of drug-likeness (QED) is 0.323. The predicted molar refractivity (Wildman–Crippen MR) is 114 cm³/mol. The van der Waals surface area contributed by atoms with Crippen LogP contribution in [-0.4, -0.2) is 35.0 Å². The highest BCUT2D eigenvalue weighted by atomic mass is 16.6. The third kappa shape index (κ3) is 3.82. The summed E-state index contributed by atoms with van der Waals surface area (Å²) >= 11 is 0. The van der Waals surface area contributed by atoms with Crippen LogP contribution in [0.1, 0.15) is 48.0 Å². The summed E-state index contributed by atoms with van der Waals surface area (Å²) in [5.74, 6) is -0.413. The van der Waals surface area contributed by atoms with Crippen LogP contribution in [0, 0.1) is 10.1 Å². The fourth-order valence-electron chi connectivity index (χ4n) is 3.91. The molecular weight excluding hydrogens is 400 g/mol. The van der Waals surface area contributed by atoms with Gasteiger partial charge in [0.15, 0.2) is 5.43 Å². The Morgan fingerprint density at radius 3 is 2.68 bits per heavy atom. The van der Waals surface area contributed by atoms with Gasteiger partial charge in [-0.1, -0.05) is 24.3 Å². The number of amides is 1. The SMILES string of the molecule is CC(C)OCCCN1C(=O)c2oc3ccccc3c(=O)c2C1c1cccc([N+](=O)[O-])c1. The second-order valence-corrected chi connectivity index (χ2v) is 7.70. The van der Waals surface area contributed by atoms with Crippen molar-refractivity contribution >= 4 is 22.6 Å². The molecule has 1 aliphatic rings. The standard InChI is InChI=1S/C23H22N2O6/c1-14(2)30-12-6-11-24-20(15-7-5-8-16(13-15)25(28)29)19-21(26)17-9-3-4-10-18(17)31-22(19)23(24)27/h3-5,7-10,13-14,20H,6,11-12H2,1-2H3. The van der Waals surface area contributed by atoms with E-state index in [1.165, 1.54) is 17.0 Å². The second-order valence-electron chi connectivity index (χ2n) is 7.70. The van der Waals surface area contributed by atoms with Gasteiger partial charge in [0.2, 0.25) is 5.76 Å². The highest BCUT2D eigenvalue weighted by Gasteiger charge is 2.42. The Labute approximate surface area is 178 Å². The first-order valence-corrected chi connectivity index (χ1v) is 10.1. The van der Waals surface area contributed by atoms with Gasteiger partial charge in [0.1, 0.15) is 5.58 Å². The van der Waals surface area contributed by atoms with Crippen LogP contribution in [0.4, 0.5) is 5.69 Å². The van der Waals surface area contributed by atoms with E-state index >= 15 is 0 Å². The number of benzene rings is 2.